The van der Waals surface area contributed by atoms with Gasteiger partial charge in [-0.3, -0.25) is 0 Å². The number of aromatic nitrogens is 2. The van der Waals surface area contributed by atoms with Crippen molar-refractivity contribution in [2.24, 2.45) is 0 Å². The molecule has 122 valence electrons. The van der Waals surface area contributed by atoms with E-state index in [2.05, 4.69) is 11.2 Å². The van der Waals surface area contributed by atoms with Crippen molar-refractivity contribution in [3.05, 3.63) is 35.5 Å². The van der Waals surface area contributed by atoms with Gasteiger partial charge in [0.2, 0.25) is 0 Å². The Labute approximate surface area is 135 Å². The van der Waals surface area contributed by atoms with Crippen molar-refractivity contribution in [3.8, 4) is 0 Å². The molecule has 0 bridgehead atoms. The van der Waals surface area contributed by atoms with Gasteiger partial charge in [-0.1, -0.05) is 17.7 Å². The monoisotopic (exact) mass is 314 g/mol. The van der Waals surface area contributed by atoms with E-state index < -0.39 is 11.7 Å². The minimum absolute atomic E-state index is 0.453. The molecule has 0 saturated carbocycles. The Morgan fingerprint density at radius 3 is 2.78 bits per heavy atom. The van der Waals surface area contributed by atoms with E-state index in [-0.39, 0.29) is 0 Å². The van der Waals surface area contributed by atoms with Gasteiger partial charge in [0.1, 0.15) is 5.60 Å². The van der Waals surface area contributed by atoms with Gasteiger partial charge < -0.3 is 9.47 Å². The smallest absolute Gasteiger partial charge is 0.435 e. The standard InChI is InChI=1S/C18H22N2O3/c1-12-5-6-15-14(11-12)16(13-7-9-22-10-8-13)19-20(15)17(21)23-18(2,3)4/h5-7,11H,8-10H2,1-4H3. The predicted octanol–water partition coefficient (Wildman–Crippen LogP) is 3.93. The van der Waals surface area contributed by atoms with Crippen LogP contribution in [-0.4, -0.2) is 34.7 Å². The van der Waals surface area contributed by atoms with Gasteiger partial charge in [0.05, 0.1) is 24.4 Å². The van der Waals surface area contributed by atoms with Crippen LogP contribution in [0, 0.1) is 6.92 Å². The summed E-state index contributed by atoms with van der Waals surface area (Å²) in [5.74, 6) is 0. The van der Waals surface area contributed by atoms with Crippen LogP contribution in [0.25, 0.3) is 16.5 Å². The van der Waals surface area contributed by atoms with Crippen molar-refractivity contribution in [1.29, 1.82) is 0 Å². The summed E-state index contributed by atoms with van der Waals surface area (Å²) in [6, 6.07) is 5.97. The van der Waals surface area contributed by atoms with Crippen molar-refractivity contribution < 1.29 is 14.3 Å². The van der Waals surface area contributed by atoms with E-state index in [0.29, 0.717) is 13.2 Å². The van der Waals surface area contributed by atoms with Gasteiger partial charge >= 0.3 is 6.09 Å². The third kappa shape index (κ3) is 3.29. The van der Waals surface area contributed by atoms with Crippen LogP contribution in [0.5, 0.6) is 0 Å². The van der Waals surface area contributed by atoms with E-state index in [1.807, 2.05) is 45.9 Å². The molecular weight excluding hydrogens is 292 g/mol. The second-order valence-corrected chi connectivity index (χ2v) is 6.82. The molecule has 5 nitrogen and oxygen atoms in total. The van der Waals surface area contributed by atoms with Crippen LogP contribution in [0.15, 0.2) is 24.3 Å². The third-order valence-corrected chi connectivity index (χ3v) is 3.67. The summed E-state index contributed by atoms with van der Waals surface area (Å²) in [7, 11) is 0. The molecule has 0 saturated heterocycles. The zero-order valence-electron chi connectivity index (χ0n) is 14.0. The van der Waals surface area contributed by atoms with Gasteiger partial charge in [0.15, 0.2) is 0 Å². The van der Waals surface area contributed by atoms with Crippen molar-refractivity contribution >= 4 is 22.6 Å². The van der Waals surface area contributed by atoms with Crippen LogP contribution in [0.1, 0.15) is 38.4 Å². The second kappa shape index (κ2) is 5.81. The number of rotatable bonds is 1. The Bertz CT molecular complexity index is 781. The summed E-state index contributed by atoms with van der Waals surface area (Å²) in [6.45, 7) is 8.85. The second-order valence-electron chi connectivity index (χ2n) is 6.82. The molecular formula is C18H22N2O3. The molecule has 23 heavy (non-hydrogen) atoms. The number of ether oxygens (including phenoxy) is 2. The van der Waals surface area contributed by atoms with E-state index in [4.69, 9.17) is 9.47 Å². The van der Waals surface area contributed by atoms with Crippen molar-refractivity contribution in [2.45, 2.75) is 39.7 Å². The zero-order chi connectivity index (χ0) is 16.6. The largest absolute Gasteiger partial charge is 0.442 e. The fourth-order valence-electron chi connectivity index (χ4n) is 2.66. The molecule has 1 aliphatic heterocycles. The lowest BCUT2D eigenvalue weighted by molar-refractivity contribution is 0.0522. The van der Waals surface area contributed by atoms with Gasteiger partial charge in [-0.2, -0.15) is 9.78 Å². The van der Waals surface area contributed by atoms with E-state index in [9.17, 15) is 4.79 Å². The number of hydrogen-bond donors (Lipinski definition) is 0. The van der Waals surface area contributed by atoms with Crippen LogP contribution in [0.3, 0.4) is 0 Å². The van der Waals surface area contributed by atoms with Crippen molar-refractivity contribution in [3.63, 3.8) is 0 Å². The fourth-order valence-corrected chi connectivity index (χ4v) is 2.66. The Morgan fingerprint density at radius 1 is 1.35 bits per heavy atom. The highest BCUT2D eigenvalue weighted by atomic mass is 16.6. The van der Waals surface area contributed by atoms with Crippen LogP contribution in [0.2, 0.25) is 0 Å². The Balaban J connectivity index is 2.12. The lowest BCUT2D eigenvalue weighted by Gasteiger charge is -2.19. The summed E-state index contributed by atoms with van der Waals surface area (Å²) in [5, 5.41) is 5.53. The van der Waals surface area contributed by atoms with Crippen molar-refractivity contribution in [1.82, 2.24) is 9.78 Å². The minimum Gasteiger partial charge on any atom is -0.442 e. The summed E-state index contributed by atoms with van der Waals surface area (Å²) in [6.07, 6.45) is 2.38. The van der Waals surface area contributed by atoms with Crippen LogP contribution in [-0.2, 0) is 9.47 Å². The number of benzene rings is 1. The van der Waals surface area contributed by atoms with Gasteiger partial charge in [0, 0.05) is 5.39 Å². The molecule has 0 amide bonds. The Kier molecular flexibility index (Phi) is 3.98. The lowest BCUT2D eigenvalue weighted by Crippen LogP contribution is -2.27. The van der Waals surface area contributed by atoms with E-state index in [0.717, 1.165) is 34.2 Å². The SMILES string of the molecule is Cc1ccc2c(c1)c(C1=CCOCC1)nn2C(=O)OC(C)(C)C. The quantitative estimate of drug-likeness (QED) is 0.800. The third-order valence-electron chi connectivity index (χ3n) is 3.67. The summed E-state index contributed by atoms with van der Waals surface area (Å²) < 4.78 is 12.2. The maximum atomic E-state index is 12.5. The fraction of sp³-hybridized carbons (Fsp3) is 0.444. The number of aryl methyl sites for hydroxylation is 1. The number of carbonyl (C=O) groups excluding carboxylic acids is 1. The molecule has 1 aromatic heterocycles. The zero-order valence-corrected chi connectivity index (χ0v) is 14.0. The molecule has 2 heterocycles. The van der Waals surface area contributed by atoms with Crippen molar-refractivity contribution in [2.75, 3.05) is 13.2 Å². The predicted molar refractivity (Wildman–Crippen MR) is 89.5 cm³/mol. The van der Waals surface area contributed by atoms with Crippen LogP contribution >= 0.6 is 0 Å². The van der Waals surface area contributed by atoms with Crippen LogP contribution in [0.4, 0.5) is 4.79 Å². The molecule has 0 unspecified atom stereocenters. The minimum atomic E-state index is -0.557. The average molecular weight is 314 g/mol. The van der Waals surface area contributed by atoms with E-state index >= 15 is 0 Å². The summed E-state index contributed by atoms with van der Waals surface area (Å²) in [5.41, 5.74) is 3.31. The summed E-state index contributed by atoms with van der Waals surface area (Å²) >= 11 is 0. The van der Waals surface area contributed by atoms with Gasteiger partial charge in [-0.05, 0) is 51.8 Å². The molecule has 0 spiro atoms. The average Bonchev–Trinajstić information content (AvgIpc) is 2.85. The molecule has 0 aliphatic carbocycles. The number of fused-ring (bicyclic) bond motifs is 1. The molecule has 0 N–H and O–H groups in total. The molecule has 0 atom stereocenters. The lowest BCUT2D eigenvalue weighted by atomic mass is 10.0. The molecule has 3 rings (SSSR count). The van der Waals surface area contributed by atoms with E-state index in [1.54, 1.807) is 0 Å². The van der Waals surface area contributed by atoms with Gasteiger partial charge in [-0.15, -0.1) is 0 Å². The highest BCUT2D eigenvalue weighted by molar-refractivity contribution is 5.95. The first-order valence-electron chi connectivity index (χ1n) is 7.85. The molecule has 0 fully saturated rings. The van der Waals surface area contributed by atoms with Crippen LogP contribution < -0.4 is 0 Å². The number of carbonyl (C=O) groups is 1. The molecule has 5 heteroatoms. The van der Waals surface area contributed by atoms with Gasteiger partial charge in [-0.25, -0.2) is 4.79 Å². The Hall–Kier alpha value is -2.14. The first-order chi connectivity index (χ1) is 10.8. The molecule has 1 aromatic carbocycles. The first kappa shape index (κ1) is 15.7. The first-order valence-corrected chi connectivity index (χ1v) is 7.85. The number of hydrogen-bond acceptors (Lipinski definition) is 4. The normalized spacial score (nSPS) is 15.6. The molecule has 1 aliphatic rings. The van der Waals surface area contributed by atoms with E-state index in [1.165, 1.54) is 4.68 Å². The maximum Gasteiger partial charge on any atom is 0.435 e. The molecule has 0 radical (unpaired) electrons. The van der Waals surface area contributed by atoms with Gasteiger partial charge in [0.25, 0.3) is 0 Å². The number of nitrogens with zero attached hydrogens (tertiary/aromatic N) is 2. The highest BCUT2D eigenvalue weighted by Crippen LogP contribution is 2.29. The molecule has 2 aromatic rings. The maximum absolute atomic E-state index is 12.5. The Morgan fingerprint density at radius 2 is 2.13 bits per heavy atom. The summed E-state index contributed by atoms with van der Waals surface area (Å²) in [4.78, 5) is 12.5. The highest BCUT2D eigenvalue weighted by Gasteiger charge is 2.23. The topological polar surface area (TPSA) is 53.4 Å².